The molecule has 3 aromatic heterocycles. The summed E-state index contributed by atoms with van der Waals surface area (Å²) in [4.78, 5) is 23.9. The Morgan fingerprint density at radius 1 is 1.35 bits per heavy atom. The third kappa shape index (κ3) is 3.46. The number of carbonyl (C=O) groups excluding carboxylic acids is 1. The summed E-state index contributed by atoms with van der Waals surface area (Å²) in [7, 11) is 0. The van der Waals surface area contributed by atoms with Crippen LogP contribution >= 0.6 is 0 Å². The van der Waals surface area contributed by atoms with Gasteiger partial charge in [-0.3, -0.25) is 9.78 Å². The zero-order chi connectivity index (χ0) is 17.9. The van der Waals surface area contributed by atoms with Crippen LogP contribution in [-0.4, -0.2) is 44.4 Å². The summed E-state index contributed by atoms with van der Waals surface area (Å²) in [5, 5.41) is 0. The Morgan fingerprint density at radius 2 is 2.27 bits per heavy atom. The van der Waals surface area contributed by atoms with Gasteiger partial charge in [0, 0.05) is 31.7 Å². The lowest BCUT2D eigenvalue weighted by atomic mass is 10.2. The van der Waals surface area contributed by atoms with Crippen molar-refractivity contribution in [3.63, 3.8) is 0 Å². The highest BCUT2D eigenvalue weighted by molar-refractivity contribution is 5.93. The van der Waals surface area contributed by atoms with E-state index in [1.54, 1.807) is 17.3 Å². The van der Waals surface area contributed by atoms with E-state index < -0.39 is 0 Å². The highest BCUT2D eigenvalue weighted by Gasteiger charge is 2.25. The van der Waals surface area contributed by atoms with Crippen LogP contribution in [0.3, 0.4) is 0 Å². The van der Waals surface area contributed by atoms with Gasteiger partial charge in [0.1, 0.15) is 11.3 Å². The average molecular weight is 350 g/mol. The molecule has 0 N–H and O–H groups in total. The first kappa shape index (κ1) is 16.7. The topological polar surface area (TPSA) is 59.7 Å². The second-order valence-corrected chi connectivity index (χ2v) is 6.69. The van der Waals surface area contributed by atoms with E-state index in [0.717, 1.165) is 36.4 Å². The Labute approximate surface area is 152 Å². The van der Waals surface area contributed by atoms with Crippen LogP contribution in [0.4, 0.5) is 0 Å². The molecule has 134 valence electrons. The van der Waals surface area contributed by atoms with E-state index >= 15 is 0 Å². The first-order chi connectivity index (χ1) is 12.7. The number of aromatic nitrogens is 3. The zero-order valence-corrected chi connectivity index (χ0v) is 14.8. The lowest BCUT2D eigenvalue weighted by Gasteiger charge is -2.24. The van der Waals surface area contributed by atoms with E-state index in [1.165, 1.54) is 0 Å². The first-order valence-corrected chi connectivity index (χ1v) is 8.96. The number of pyridine rings is 2. The monoisotopic (exact) mass is 350 g/mol. The molecular formula is C20H22N4O2. The minimum atomic E-state index is -0.0887. The Balaban J connectivity index is 1.62. The largest absolute Gasteiger partial charge is 0.376 e. The van der Waals surface area contributed by atoms with Crippen molar-refractivity contribution in [1.29, 1.82) is 0 Å². The van der Waals surface area contributed by atoms with Crippen LogP contribution in [0.2, 0.25) is 0 Å². The molecule has 26 heavy (non-hydrogen) atoms. The summed E-state index contributed by atoms with van der Waals surface area (Å²) in [5.41, 5.74) is 3.17. The maximum absolute atomic E-state index is 13.2. The lowest BCUT2D eigenvalue weighted by Crippen LogP contribution is -2.37. The number of aryl methyl sites for hydroxylation is 1. The number of ether oxygens (including phenoxy) is 1. The average Bonchev–Trinajstić information content (AvgIpc) is 3.32. The fourth-order valence-electron chi connectivity index (χ4n) is 3.36. The van der Waals surface area contributed by atoms with Crippen molar-refractivity contribution in [2.45, 2.75) is 32.4 Å². The number of fused-ring (bicyclic) bond motifs is 1. The summed E-state index contributed by atoms with van der Waals surface area (Å²) in [6.45, 7) is 3.77. The quantitative estimate of drug-likeness (QED) is 0.710. The Kier molecular flexibility index (Phi) is 4.67. The van der Waals surface area contributed by atoms with Crippen molar-refractivity contribution in [3.05, 3.63) is 65.9 Å². The van der Waals surface area contributed by atoms with Gasteiger partial charge in [-0.05, 0) is 43.5 Å². The molecule has 1 amide bonds. The highest BCUT2D eigenvalue weighted by Crippen LogP contribution is 2.18. The molecule has 1 unspecified atom stereocenters. The lowest BCUT2D eigenvalue weighted by molar-refractivity contribution is 0.0500. The molecule has 1 atom stereocenters. The Bertz CT molecular complexity index is 901. The predicted octanol–water partition coefficient (Wildman–Crippen LogP) is 2.86. The van der Waals surface area contributed by atoms with Crippen molar-refractivity contribution in [2.75, 3.05) is 13.2 Å². The van der Waals surface area contributed by atoms with Crippen LogP contribution in [0, 0.1) is 6.92 Å². The van der Waals surface area contributed by atoms with Gasteiger partial charge < -0.3 is 14.0 Å². The smallest absolute Gasteiger partial charge is 0.274 e. The normalized spacial score (nSPS) is 16.9. The third-order valence-corrected chi connectivity index (χ3v) is 4.71. The van der Waals surface area contributed by atoms with Gasteiger partial charge >= 0.3 is 0 Å². The van der Waals surface area contributed by atoms with Crippen LogP contribution in [0.5, 0.6) is 0 Å². The number of rotatable bonds is 5. The summed E-state index contributed by atoms with van der Waals surface area (Å²) in [6.07, 6.45) is 7.57. The SMILES string of the molecule is Cc1cccn2cc(C(=O)N(Cc3ccccn3)CC3CCCO3)nc12. The fourth-order valence-corrected chi connectivity index (χ4v) is 3.36. The molecule has 3 aromatic rings. The van der Waals surface area contributed by atoms with Gasteiger partial charge in [0.05, 0.1) is 18.3 Å². The Hall–Kier alpha value is -2.73. The molecule has 1 saturated heterocycles. The molecule has 0 aliphatic carbocycles. The number of hydrogen-bond donors (Lipinski definition) is 0. The molecule has 1 fully saturated rings. The van der Waals surface area contributed by atoms with Crippen molar-refractivity contribution in [2.24, 2.45) is 0 Å². The molecule has 6 heteroatoms. The van der Waals surface area contributed by atoms with Crippen molar-refractivity contribution >= 4 is 11.6 Å². The van der Waals surface area contributed by atoms with E-state index in [9.17, 15) is 4.79 Å². The molecule has 1 aliphatic heterocycles. The number of imidazole rings is 1. The third-order valence-electron chi connectivity index (χ3n) is 4.71. The number of carbonyl (C=O) groups is 1. The van der Waals surface area contributed by atoms with Gasteiger partial charge in [-0.25, -0.2) is 4.98 Å². The van der Waals surface area contributed by atoms with Gasteiger partial charge in [0.25, 0.3) is 5.91 Å². The molecule has 0 radical (unpaired) electrons. The van der Waals surface area contributed by atoms with Gasteiger partial charge in [-0.2, -0.15) is 0 Å². The van der Waals surface area contributed by atoms with Crippen molar-refractivity contribution in [3.8, 4) is 0 Å². The number of hydrogen-bond acceptors (Lipinski definition) is 4. The van der Waals surface area contributed by atoms with E-state index in [0.29, 0.717) is 18.8 Å². The van der Waals surface area contributed by atoms with Crippen LogP contribution in [0.15, 0.2) is 48.9 Å². The van der Waals surface area contributed by atoms with Crippen LogP contribution in [-0.2, 0) is 11.3 Å². The molecule has 6 nitrogen and oxygen atoms in total. The maximum Gasteiger partial charge on any atom is 0.274 e. The molecule has 1 aliphatic rings. The maximum atomic E-state index is 13.2. The molecule has 0 aromatic carbocycles. The van der Waals surface area contributed by atoms with Crippen molar-refractivity contribution < 1.29 is 9.53 Å². The van der Waals surface area contributed by atoms with Crippen LogP contribution < -0.4 is 0 Å². The van der Waals surface area contributed by atoms with E-state index in [-0.39, 0.29) is 12.0 Å². The highest BCUT2D eigenvalue weighted by atomic mass is 16.5. The van der Waals surface area contributed by atoms with Gasteiger partial charge in [0.15, 0.2) is 0 Å². The standard InChI is InChI=1S/C20H22N4O2/c1-15-6-4-10-23-14-18(22-19(15)23)20(25)24(13-17-8-5-11-26-17)12-16-7-2-3-9-21-16/h2-4,6-7,9-10,14,17H,5,8,11-13H2,1H3. The fraction of sp³-hybridized carbons (Fsp3) is 0.350. The van der Waals surface area contributed by atoms with Gasteiger partial charge in [0.2, 0.25) is 0 Å². The van der Waals surface area contributed by atoms with Crippen LogP contribution in [0.25, 0.3) is 5.65 Å². The minimum absolute atomic E-state index is 0.0847. The summed E-state index contributed by atoms with van der Waals surface area (Å²) < 4.78 is 7.64. The summed E-state index contributed by atoms with van der Waals surface area (Å²) in [5.74, 6) is -0.0887. The summed E-state index contributed by atoms with van der Waals surface area (Å²) >= 11 is 0. The van der Waals surface area contributed by atoms with E-state index in [1.807, 2.05) is 47.9 Å². The van der Waals surface area contributed by atoms with E-state index in [4.69, 9.17) is 4.74 Å². The first-order valence-electron chi connectivity index (χ1n) is 8.96. The van der Waals surface area contributed by atoms with Crippen LogP contribution in [0.1, 0.15) is 34.6 Å². The number of amides is 1. The zero-order valence-electron chi connectivity index (χ0n) is 14.8. The molecular weight excluding hydrogens is 328 g/mol. The molecule has 0 saturated carbocycles. The molecule has 0 spiro atoms. The molecule has 0 bridgehead atoms. The van der Waals surface area contributed by atoms with Gasteiger partial charge in [-0.15, -0.1) is 0 Å². The van der Waals surface area contributed by atoms with Crippen molar-refractivity contribution in [1.82, 2.24) is 19.3 Å². The van der Waals surface area contributed by atoms with E-state index in [2.05, 4.69) is 9.97 Å². The second-order valence-electron chi connectivity index (χ2n) is 6.69. The molecule has 4 rings (SSSR count). The Morgan fingerprint density at radius 3 is 3.00 bits per heavy atom. The minimum Gasteiger partial charge on any atom is -0.376 e. The number of nitrogens with zero attached hydrogens (tertiary/aromatic N) is 4. The summed E-state index contributed by atoms with van der Waals surface area (Å²) in [6, 6.07) is 9.69. The van der Waals surface area contributed by atoms with Gasteiger partial charge in [-0.1, -0.05) is 12.1 Å². The second kappa shape index (κ2) is 7.25. The predicted molar refractivity (Wildman–Crippen MR) is 97.9 cm³/mol. The molecule has 4 heterocycles.